The van der Waals surface area contributed by atoms with Crippen molar-refractivity contribution >= 4 is 11.3 Å². The van der Waals surface area contributed by atoms with Crippen LogP contribution in [0.3, 0.4) is 0 Å². The predicted molar refractivity (Wildman–Crippen MR) is 56.6 cm³/mol. The fourth-order valence-corrected chi connectivity index (χ4v) is 2.54. The van der Waals surface area contributed by atoms with Crippen LogP contribution in [0, 0.1) is 0 Å². The summed E-state index contributed by atoms with van der Waals surface area (Å²) in [7, 11) is 0. The summed E-state index contributed by atoms with van der Waals surface area (Å²) in [6, 6.07) is 0.811. The van der Waals surface area contributed by atoms with E-state index < -0.39 is 0 Å². The van der Waals surface area contributed by atoms with Gasteiger partial charge in [-0.15, -0.1) is 21.5 Å². The van der Waals surface area contributed by atoms with E-state index in [4.69, 9.17) is 0 Å². The molecule has 2 aliphatic rings. The Labute approximate surface area is 87.9 Å². The molecule has 0 unspecified atom stereocenters. The second kappa shape index (κ2) is 3.59. The zero-order chi connectivity index (χ0) is 9.38. The van der Waals surface area contributed by atoms with Crippen molar-refractivity contribution in [1.82, 2.24) is 15.5 Å². The third-order valence-electron chi connectivity index (χ3n) is 2.76. The molecule has 0 amide bonds. The molecule has 14 heavy (non-hydrogen) atoms. The molecule has 1 aromatic heterocycles. The summed E-state index contributed by atoms with van der Waals surface area (Å²) in [5, 5.41) is 14.4. The van der Waals surface area contributed by atoms with E-state index in [9.17, 15) is 0 Å². The van der Waals surface area contributed by atoms with Crippen LogP contribution >= 0.6 is 11.3 Å². The maximum atomic E-state index is 4.23. The maximum Gasteiger partial charge on any atom is 0.120 e. The zero-order valence-electron chi connectivity index (χ0n) is 8.20. The lowest BCUT2D eigenvalue weighted by molar-refractivity contribution is 0.677. The molecule has 2 fully saturated rings. The first-order chi connectivity index (χ1) is 6.92. The van der Waals surface area contributed by atoms with Gasteiger partial charge in [-0.05, 0) is 25.7 Å². The van der Waals surface area contributed by atoms with Gasteiger partial charge in [-0.2, -0.15) is 0 Å². The van der Waals surface area contributed by atoms with Gasteiger partial charge in [0.25, 0.3) is 0 Å². The molecular weight excluding hydrogens is 194 g/mol. The van der Waals surface area contributed by atoms with E-state index in [0.717, 1.165) is 24.9 Å². The smallest absolute Gasteiger partial charge is 0.120 e. The second-order valence-electron chi connectivity index (χ2n) is 4.29. The van der Waals surface area contributed by atoms with Crippen molar-refractivity contribution in [3.05, 3.63) is 10.0 Å². The molecule has 2 saturated carbocycles. The number of hydrogen-bond donors (Lipinski definition) is 1. The molecule has 0 saturated heterocycles. The molecular formula is C10H15N3S. The van der Waals surface area contributed by atoms with Gasteiger partial charge >= 0.3 is 0 Å². The Hall–Kier alpha value is -0.480. The Morgan fingerprint density at radius 1 is 1.21 bits per heavy atom. The number of hydrogen-bond acceptors (Lipinski definition) is 4. The topological polar surface area (TPSA) is 37.8 Å². The minimum absolute atomic E-state index is 0.762. The quantitative estimate of drug-likeness (QED) is 0.802. The molecule has 0 aromatic carbocycles. The van der Waals surface area contributed by atoms with Gasteiger partial charge in [0.2, 0.25) is 0 Å². The van der Waals surface area contributed by atoms with Crippen LogP contribution in [0.5, 0.6) is 0 Å². The summed E-state index contributed by atoms with van der Waals surface area (Å²) in [5.74, 6) is 0.762. The molecule has 1 aromatic rings. The van der Waals surface area contributed by atoms with Gasteiger partial charge in [0, 0.05) is 24.9 Å². The highest BCUT2D eigenvalue weighted by Crippen LogP contribution is 2.41. The van der Waals surface area contributed by atoms with E-state index in [0.29, 0.717) is 0 Å². The average Bonchev–Trinajstić information content (AvgIpc) is 3.07. The van der Waals surface area contributed by atoms with Crippen LogP contribution in [-0.4, -0.2) is 22.8 Å². The fourth-order valence-electron chi connectivity index (χ4n) is 1.53. The van der Waals surface area contributed by atoms with Crippen molar-refractivity contribution in [1.29, 1.82) is 0 Å². The highest BCUT2D eigenvalue weighted by atomic mass is 32.1. The van der Waals surface area contributed by atoms with Crippen molar-refractivity contribution in [2.75, 3.05) is 6.54 Å². The van der Waals surface area contributed by atoms with Crippen LogP contribution in [0.1, 0.15) is 41.6 Å². The Kier molecular flexibility index (Phi) is 2.25. The minimum Gasteiger partial charge on any atom is -0.314 e. The van der Waals surface area contributed by atoms with Crippen LogP contribution in [0.2, 0.25) is 0 Å². The van der Waals surface area contributed by atoms with Crippen molar-refractivity contribution in [2.45, 2.75) is 44.1 Å². The molecule has 0 radical (unpaired) electrons. The first-order valence-electron chi connectivity index (χ1n) is 5.47. The van der Waals surface area contributed by atoms with Crippen LogP contribution in [0.4, 0.5) is 0 Å². The lowest BCUT2D eigenvalue weighted by Gasteiger charge is -1.97. The third kappa shape index (κ3) is 2.12. The zero-order valence-corrected chi connectivity index (χ0v) is 9.02. The molecule has 76 valence electrons. The van der Waals surface area contributed by atoms with Gasteiger partial charge in [-0.3, -0.25) is 0 Å². The fraction of sp³-hybridized carbons (Fsp3) is 0.800. The summed E-state index contributed by atoms with van der Waals surface area (Å²) in [6.07, 6.45) is 6.44. The van der Waals surface area contributed by atoms with E-state index in [1.54, 1.807) is 0 Å². The maximum absolute atomic E-state index is 4.23. The average molecular weight is 209 g/mol. The predicted octanol–water partition coefficient (Wildman–Crippen LogP) is 1.71. The molecule has 1 heterocycles. The van der Waals surface area contributed by atoms with Crippen molar-refractivity contribution < 1.29 is 0 Å². The van der Waals surface area contributed by atoms with Crippen LogP contribution in [0.25, 0.3) is 0 Å². The lowest BCUT2D eigenvalue weighted by Crippen LogP contribution is -2.19. The molecule has 0 aliphatic heterocycles. The van der Waals surface area contributed by atoms with Gasteiger partial charge in [0.15, 0.2) is 0 Å². The van der Waals surface area contributed by atoms with Gasteiger partial charge in [0.05, 0.1) is 0 Å². The van der Waals surface area contributed by atoms with Crippen LogP contribution < -0.4 is 5.32 Å². The molecule has 0 spiro atoms. The molecule has 4 heteroatoms. The van der Waals surface area contributed by atoms with E-state index in [1.165, 1.54) is 35.7 Å². The summed E-state index contributed by atoms with van der Waals surface area (Å²) >= 11 is 1.81. The lowest BCUT2D eigenvalue weighted by atomic mass is 10.4. The Morgan fingerprint density at radius 2 is 2.07 bits per heavy atom. The van der Waals surface area contributed by atoms with Gasteiger partial charge in [-0.25, -0.2) is 0 Å². The SMILES string of the molecule is C(Cc1nnc(C2CC2)s1)NC1CC1. The molecule has 0 bridgehead atoms. The van der Waals surface area contributed by atoms with E-state index >= 15 is 0 Å². The largest absolute Gasteiger partial charge is 0.314 e. The molecule has 0 atom stereocenters. The number of aromatic nitrogens is 2. The third-order valence-corrected chi connectivity index (χ3v) is 3.90. The minimum atomic E-state index is 0.762. The van der Waals surface area contributed by atoms with E-state index in [2.05, 4.69) is 15.5 Å². The van der Waals surface area contributed by atoms with E-state index in [1.807, 2.05) is 11.3 Å². The first-order valence-corrected chi connectivity index (χ1v) is 6.29. The van der Waals surface area contributed by atoms with Gasteiger partial charge in [-0.1, -0.05) is 0 Å². The Bertz CT molecular complexity index is 315. The van der Waals surface area contributed by atoms with Crippen LogP contribution in [-0.2, 0) is 6.42 Å². The van der Waals surface area contributed by atoms with Crippen molar-refractivity contribution in [3.63, 3.8) is 0 Å². The first kappa shape index (κ1) is 8.80. The van der Waals surface area contributed by atoms with Crippen molar-refractivity contribution in [2.24, 2.45) is 0 Å². The summed E-state index contributed by atoms with van der Waals surface area (Å²) < 4.78 is 0. The molecule has 3 nitrogen and oxygen atoms in total. The molecule has 2 aliphatic carbocycles. The highest BCUT2D eigenvalue weighted by molar-refractivity contribution is 7.11. The highest BCUT2D eigenvalue weighted by Gasteiger charge is 2.27. The number of nitrogens with zero attached hydrogens (tertiary/aromatic N) is 2. The van der Waals surface area contributed by atoms with Crippen molar-refractivity contribution in [3.8, 4) is 0 Å². The van der Waals surface area contributed by atoms with Gasteiger partial charge in [0.1, 0.15) is 10.0 Å². The summed E-state index contributed by atoms with van der Waals surface area (Å²) in [6.45, 7) is 1.07. The molecule has 1 N–H and O–H groups in total. The standard InChI is InChI=1S/C10H15N3S/c1-2-7(1)10-13-12-9(14-10)5-6-11-8-3-4-8/h7-8,11H,1-6H2. The Balaban J connectivity index is 1.49. The van der Waals surface area contributed by atoms with E-state index in [-0.39, 0.29) is 0 Å². The summed E-state index contributed by atoms with van der Waals surface area (Å²) in [5.41, 5.74) is 0. The summed E-state index contributed by atoms with van der Waals surface area (Å²) in [4.78, 5) is 0. The molecule has 3 rings (SSSR count). The number of nitrogens with one attached hydrogen (secondary N) is 1. The second-order valence-corrected chi connectivity index (χ2v) is 5.38. The normalized spacial score (nSPS) is 21.4. The van der Waals surface area contributed by atoms with Crippen LogP contribution in [0.15, 0.2) is 0 Å². The monoisotopic (exact) mass is 209 g/mol. The Morgan fingerprint density at radius 3 is 2.79 bits per heavy atom. The van der Waals surface area contributed by atoms with Gasteiger partial charge < -0.3 is 5.32 Å². The number of rotatable bonds is 5.